The van der Waals surface area contributed by atoms with Crippen LogP contribution in [0.25, 0.3) is 0 Å². The van der Waals surface area contributed by atoms with Gasteiger partial charge >= 0.3 is 65.1 Å². The largest absolute Gasteiger partial charge is 0.385 e. The molecule has 0 N–H and O–H groups in total. The molecular formula is C12HF23. The lowest BCUT2D eigenvalue weighted by molar-refractivity contribution is -0.488. The number of halogens is 23. The Bertz CT molecular complexity index is 765. The third kappa shape index (κ3) is 2.97. The first-order valence-electron chi connectivity index (χ1n) is 7.45. The summed E-state index contributed by atoms with van der Waals surface area (Å²) < 4.78 is 306. The van der Waals surface area contributed by atoms with E-state index in [0.29, 0.717) is 0 Å². The van der Waals surface area contributed by atoms with Gasteiger partial charge in [-0.3, -0.25) is 0 Å². The molecule has 0 aromatic rings. The molecule has 0 atom stereocenters. The Balaban J connectivity index is 4.45. The molecule has 0 aromatic heterocycles. The third-order valence-electron chi connectivity index (χ3n) is 4.63. The fraction of sp³-hybridized carbons (Fsp3) is 1.00. The maximum Gasteiger partial charge on any atom is 0.385 e. The lowest BCUT2D eigenvalue weighted by Crippen LogP contribution is -2.80. The fourth-order valence-electron chi connectivity index (χ4n) is 2.34. The van der Waals surface area contributed by atoms with Crippen molar-refractivity contribution in [1.29, 1.82) is 0 Å². The number of hydrogen-bond acceptors (Lipinski definition) is 0. The van der Waals surface area contributed by atoms with E-state index in [4.69, 9.17) is 0 Å². The summed E-state index contributed by atoms with van der Waals surface area (Å²) in [5, 5.41) is 0. The summed E-state index contributed by atoms with van der Waals surface area (Å²) in [5.74, 6) is -99.9. The van der Waals surface area contributed by atoms with Crippen molar-refractivity contribution >= 4 is 0 Å². The topological polar surface area (TPSA) is 0 Å². The van der Waals surface area contributed by atoms with Crippen molar-refractivity contribution in [3.05, 3.63) is 0 Å². The minimum absolute atomic E-state index is 7.44. The predicted molar refractivity (Wildman–Crippen MR) is 59.3 cm³/mol. The molecule has 0 aliphatic heterocycles. The second-order valence-electron chi connectivity index (χ2n) is 6.78. The first-order valence-corrected chi connectivity index (χ1v) is 7.45. The Hall–Kier alpha value is -1.61. The molecule has 1 saturated carbocycles. The van der Waals surface area contributed by atoms with E-state index in [9.17, 15) is 101 Å². The molecule has 0 nitrogen and oxygen atoms in total. The van der Waals surface area contributed by atoms with E-state index in [1.165, 1.54) is 0 Å². The van der Waals surface area contributed by atoms with Crippen LogP contribution in [0.4, 0.5) is 101 Å². The van der Waals surface area contributed by atoms with Gasteiger partial charge in [0.1, 0.15) is 0 Å². The van der Waals surface area contributed by atoms with Gasteiger partial charge < -0.3 is 0 Å². The lowest BCUT2D eigenvalue weighted by Gasteiger charge is -2.48. The normalized spacial score (nSPS) is 33.7. The van der Waals surface area contributed by atoms with Crippen molar-refractivity contribution in [3.8, 4) is 0 Å². The fourth-order valence-corrected chi connectivity index (χ4v) is 2.34. The van der Waals surface area contributed by atoms with Crippen LogP contribution in [0.15, 0.2) is 0 Å². The van der Waals surface area contributed by atoms with Crippen LogP contribution in [0.3, 0.4) is 0 Å². The molecule has 1 fully saturated rings. The summed E-state index contributed by atoms with van der Waals surface area (Å²) in [5.41, 5.74) is 0. The third-order valence-corrected chi connectivity index (χ3v) is 4.63. The Morgan fingerprint density at radius 1 is 0.229 bits per heavy atom. The average molecular weight is 582 g/mol. The quantitative estimate of drug-likeness (QED) is 0.263. The summed E-state index contributed by atoms with van der Waals surface area (Å²) in [6, 6.07) is 0. The molecule has 23 heteroatoms. The van der Waals surface area contributed by atoms with Gasteiger partial charge in [-0.2, -0.15) is 96.6 Å². The van der Waals surface area contributed by atoms with E-state index in [-0.39, 0.29) is 0 Å². The van der Waals surface area contributed by atoms with Gasteiger partial charge in [-0.05, 0) is 0 Å². The van der Waals surface area contributed by atoms with E-state index in [1.807, 2.05) is 0 Å². The zero-order valence-electron chi connectivity index (χ0n) is 14.8. The van der Waals surface area contributed by atoms with Crippen molar-refractivity contribution in [1.82, 2.24) is 0 Å². The highest BCUT2D eigenvalue weighted by molar-refractivity contribution is 5.22. The molecule has 0 aromatic carbocycles. The Morgan fingerprint density at radius 3 is 0.486 bits per heavy atom. The second kappa shape index (κ2) is 7.03. The minimum Gasteiger partial charge on any atom is -0.234 e. The molecule has 0 amide bonds. The molecule has 210 valence electrons. The smallest absolute Gasteiger partial charge is 0.234 e. The monoisotopic (exact) mass is 582 g/mol. The maximum atomic E-state index is 13.3. The van der Waals surface area contributed by atoms with Gasteiger partial charge in [0.2, 0.25) is 6.17 Å². The molecule has 35 heavy (non-hydrogen) atoms. The minimum atomic E-state index is -9.30. The van der Waals surface area contributed by atoms with Crippen LogP contribution in [0.1, 0.15) is 0 Å². The van der Waals surface area contributed by atoms with Gasteiger partial charge in [0.05, 0.1) is 0 Å². The summed E-state index contributed by atoms with van der Waals surface area (Å²) in [6.45, 7) is 0. The van der Waals surface area contributed by atoms with Gasteiger partial charge in [-0.25, -0.2) is 4.39 Å². The molecule has 1 rings (SSSR count). The summed E-state index contributed by atoms with van der Waals surface area (Å²) in [7, 11) is 0. The first kappa shape index (κ1) is 31.4. The van der Waals surface area contributed by atoms with Crippen LogP contribution in [-0.4, -0.2) is 71.3 Å². The molecule has 1 aliphatic rings. The van der Waals surface area contributed by atoms with Crippen molar-refractivity contribution < 1.29 is 101 Å². The molecule has 0 saturated heterocycles. The summed E-state index contributed by atoms with van der Waals surface area (Å²) in [6.07, 6.45) is -7.44. The van der Waals surface area contributed by atoms with Crippen molar-refractivity contribution in [2.24, 2.45) is 0 Å². The van der Waals surface area contributed by atoms with E-state index < -0.39 is 71.3 Å². The number of alkyl halides is 23. The summed E-state index contributed by atoms with van der Waals surface area (Å²) >= 11 is 0. The lowest BCUT2D eigenvalue weighted by atomic mass is 9.80. The Morgan fingerprint density at radius 2 is 0.343 bits per heavy atom. The van der Waals surface area contributed by atoms with Gasteiger partial charge in [-0.1, -0.05) is 0 Å². The number of hydrogen-bond donors (Lipinski definition) is 0. The average Bonchev–Trinajstić information content (AvgIpc) is 2.64. The van der Waals surface area contributed by atoms with Gasteiger partial charge in [0.25, 0.3) is 0 Å². The van der Waals surface area contributed by atoms with Crippen LogP contribution >= 0.6 is 0 Å². The number of rotatable bonds is 0. The first-order chi connectivity index (χ1) is 14.7. The van der Waals surface area contributed by atoms with E-state index >= 15 is 0 Å². The highest BCUT2D eigenvalue weighted by Crippen LogP contribution is 2.69. The van der Waals surface area contributed by atoms with Crippen molar-refractivity contribution in [2.75, 3.05) is 0 Å². The van der Waals surface area contributed by atoms with Crippen molar-refractivity contribution in [2.45, 2.75) is 71.3 Å². The van der Waals surface area contributed by atoms with Gasteiger partial charge in [0.15, 0.2) is 0 Å². The highest BCUT2D eigenvalue weighted by Gasteiger charge is 3.01. The second-order valence-corrected chi connectivity index (χ2v) is 6.78. The molecule has 0 bridgehead atoms. The zero-order chi connectivity index (χ0) is 29.1. The molecule has 0 radical (unpaired) electrons. The van der Waals surface area contributed by atoms with Crippen molar-refractivity contribution in [3.63, 3.8) is 0 Å². The zero-order valence-corrected chi connectivity index (χ0v) is 14.8. The predicted octanol–water partition coefficient (Wildman–Crippen LogP) is 7.33. The molecule has 0 heterocycles. The summed E-state index contributed by atoms with van der Waals surface area (Å²) in [4.78, 5) is 0. The van der Waals surface area contributed by atoms with Crippen LogP contribution < -0.4 is 0 Å². The molecule has 1 aliphatic carbocycles. The van der Waals surface area contributed by atoms with Crippen LogP contribution in [0, 0.1) is 0 Å². The highest BCUT2D eigenvalue weighted by atomic mass is 19.4. The van der Waals surface area contributed by atoms with Gasteiger partial charge in [-0.15, -0.1) is 0 Å². The Kier molecular flexibility index (Phi) is 6.31. The van der Waals surface area contributed by atoms with Crippen LogP contribution in [0.5, 0.6) is 0 Å². The molecular weight excluding hydrogens is 581 g/mol. The Labute approximate surface area is 174 Å². The standard InChI is InChI=1S/C12HF23/c13-1-2(14,15)4(18,19)6(22,23)8(26,27)10(30,31)12(34,35)11(32,33)9(28,29)7(24,25)5(20,21)3(1,16)17/h1H. The van der Waals surface area contributed by atoms with Crippen LogP contribution in [0.2, 0.25) is 0 Å². The van der Waals surface area contributed by atoms with Gasteiger partial charge in [0, 0.05) is 0 Å². The van der Waals surface area contributed by atoms with Crippen LogP contribution in [-0.2, 0) is 0 Å². The SMILES string of the molecule is FC1C(F)(F)C(F)(F)C(F)(F)C(F)(F)C(F)(F)C(F)(F)C(F)(F)C(F)(F)C(F)(F)C(F)(F)C1(F)F. The van der Waals surface area contributed by atoms with E-state index in [1.54, 1.807) is 0 Å². The molecule has 0 spiro atoms. The van der Waals surface area contributed by atoms with E-state index in [2.05, 4.69) is 0 Å². The van der Waals surface area contributed by atoms with E-state index in [0.717, 1.165) is 0 Å². The maximum absolute atomic E-state index is 13.3. The molecule has 0 unspecified atom stereocenters.